The molecule has 2 amide bonds. The number of aromatic nitrogens is 2. The van der Waals surface area contributed by atoms with Crippen molar-refractivity contribution in [1.82, 2.24) is 19.2 Å². The summed E-state index contributed by atoms with van der Waals surface area (Å²) in [6.07, 6.45) is 4.99. The number of sulfonamides is 1. The Bertz CT molecular complexity index is 1480. The number of nitrogens with zero attached hydrogens (tertiary/aromatic N) is 3. The van der Waals surface area contributed by atoms with E-state index in [0.29, 0.717) is 25.9 Å². The molecule has 1 aliphatic carbocycles. The minimum atomic E-state index is -3.58. The topological polar surface area (TPSA) is 111 Å². The van der Waals surface area contributed by atoms with Crippen LogP contribution in [0.15, 0.2) is 42.5 Å². The maximum atomic E-state index is 12.5. The van der Waals surface area contributed by atoms with Gasteiger partial charge < -0.3 is 14.2 Å². The predicted molar refractivity (Wildman–Crippen MR) is 149 cm³/mol. The number of benzene rings is 2. The summed E-state index contributed by atoms with van der Waals surface area (Å²) in [6, 6.07) is 14.8. The Hall–Kier alpha value is -3.40. The summed E-state index contributed by atoms with van der Waals surface area (Å²) in [5.74, 6) is 0.406. The zero-order valence-corrected chi connectivity index (χ0v) is 23.5. The predicted octanol–water partition coefficient (Wildman–Crippen LogP) is 4.31. The Balaban J connectivity index is 1.50. The number of rotatable bonds is 6. The monoisotopic (exact) mass is 552 g/mol. The van der Waals surface area contributed by atoms with Crippen LogP contribution in [0.5, 0.6) is 0 Å². The lowest BCUT2D eigenvalue weighted by atomic mass is 9.81. The van der Waals surface area contributed by atoms with E-state index in [1.807, 2.05) is 6.07 Å². The van der Waals surface area contributed by atoms with Crippen LogP contribution in [0, 0.1) is 5.92 Å². The van der Waals surface area contributed by atoms with Gasteiger partial charge in [0.15, 0.2) is 0 Å². The lowest BCUT2D eigenvalue weighted by molar-refractivity contribution is -0.124. The van der Waals surface area contributed by atoms with E-state index < -0.39 is 15.9 Å². The fraction of sp³-hybridized carbons (Fsp3) is 0.483. The van der Waals surface area contributed by atoms with Gasteiger partial charge in [0.1, 0.15) is 5.82 Å². The molecule has 0 radical (unpaired) electrons. The highest BCUT2D eigenvalue weighted by Gasteiger charge is 2.33. The molecule has 5 rings (SSSR count). The Labute approximate surface area is 229 Å². The number of hydrogen-bond acceptors (Lipinski definition) is 6. The van der Waals surface area contributed by atoms with Gasteiger partial charge in [-0.05, 0) is 62.6 Å². The summed E-state index contributed by atoms with van der Waals surface area (Å²) in [6.45, 7) is 3.28. The Morgan fingerprint density at radius 3 is 2.49 bits per heavy atom. The SMILES string of the molecule is COC(=O)N1CCc2ccc3c(nc([C@H]4CC[C@H](C(=O)NS(C)(=O)=O)CC4)n3[C@H](C)Cc3ccccc3)c2C1. The van der Waals surface area contributed by atoms with E-state index in [4.69, 9.17) is 9.72 Å². The van der Waals surface area contributed by atoms with Gasteiger partial charge in [-0.3, -0.25) is 9.52 Å². The van der Waals surface area contributed by atoms with Crippen LogP contribution >= 0.6 is 0 Å². The molecule has 9 nitrogen and oxygen atoms in total. The Kier molecular flexibility index (Phi) is 7.66. The van der Waals surface area contributed by atoms with Gasteiger partial charge in [-0.1, -0.05) is 36.4 Å². The third-order valence-electron chi connectivity index (χ3n) is 8.09. The second-order valence-corrected chi connectivity index (χ2v) is 12.6. The number of imidazole rings is 1. The molecule has 0 unspecified atom stereocenters. The van der Waals surface area contributed by atoms with Gasteiger partial charge in [0.05, 0.1) is 30.9 Å². The maximum absolute atomic E-state index is 12.5. The quantitative estimate of drug-likeness (QED) is 0.488. The Morgan fingerprint density at radius 2 is 1.82 bits per heavy atom. The van der Waals surface area contributed by atoms with Crippen LogP contribution in [0.1, 0.15) is 67.1 Å². The van der Waals surface area contributed by atoms with Crippen LogP contribution in [0.4, 0.5) is 4.79 Å². The summed E-state index contributed by atoms with van der Waals surface area (Å²) < 4.78 is 32.6. The lowest BCUT2D eigenvalue weighted by Gasteiger charge is -2.29. The number of carbonyl (C=O) groups is 2. The van der Waals surface area contributed by atoms with Crippen molar-refractivity contribution in [3.63, 3.8) is 0 Å². The van der Waals surface area contributed by atoms with E-state index >= 15 is 0 Å². The Morgan fingerprint density at radius 1 is 1.10 bits per heavy atom. The summed E-state index contributed by atoms with van der Waals surface area (Å²) in [5, 5.41) is 0. The van der Waals surface area contributed by atoms with E-state index in [-0.39, 0.29) is 24.0 Å². The van der Waals surface area contributed by atoms with Crippen molar-refractivity contribution < 1.29 is 22.7 Å². The first-order valence-electron chi connectivity index (χ1n) is 13.6. The highest BCUT2D eigenvalue weighted by atomic mass is 32.2. The van der Waals surface area contributed by atoms with Crippen LogP contribution < -0.4 is 4.72 Å². The van der Waals surface area contributed by atoms with Crippen LogP contribution in [0.2, 0.25) is 0 Å². The molecule has 0 spiro atoms. The van der Waals surface area contributed by atoms with Crippen molar-refractivity contribution in [1.29, 1.82) is 0 Å². The maximum Gasteiger partial charge on any atom is 0.409 e. The standard InChI is InChI=1S/C29H36N4O5S/c1-19(17-20-7-5-4-6-8-20)33-25-14-13-21-15-16-32(29(35)38-2)18-24(21)26(25)30-27(33)22-9-11-23(12-10-22)28(34)31-39(3,36)37/h4-8,13-14,19,22-23H,9-12,15-18H2,1-3H3,(H,31,34)/t19-,22-,23-/m1/s1. The molecule has 2 aliphatic rings. The smallest absolute Gasteiger partial charge is 0.409 e. The first-order valence-corrected chi connectivity index (χ1v) is 15.4. The molecule has 1 saturated carbocycles. The summed E-state index contributed by atoms with van der Waals surface area (Å²) >= 11 is 0. The van der Waals surface area contributed by atoms with Crippen molar-refractivity contribution in [2.75, 3.05) is 19.9 Å². The molecule has 39 heavy (non-hydrogen) atoms. The first-order chi connectivity index (χ1) is 18.6. The van der Waals surface area contributed by atoms with E-state index in [2.05, 4.69) is 52.6 Å². The molecule has 3 aromatic rings. The number of amides is 2. The minimum absolute atomic E-state index is 0.136. The van der Waals surface area contributed by atoms with Crippen molar-refractivity contribution >= 4 is 33.1 Å². The zero-order chi connectivity index (χ0) is 27.7. The molecule has 0 bridgehead atoms. The summed E-state index contributed by atoms with van der Waals surface area (Å²) in [4.78, 5) is 31.8. The molecule has 1 N–H and O–H groups in total. The average Bonchev–Trinajstić information content (AvgIpc) is 3.32. The fourth-order valence-electron chi connectivity index (χ4n) is 6.18. The van der Waals surface area contributed by atoms with Crippen LogP contribution in [0.25, 0.3) is 11.0 Å². The van der Waals surface area contributed by atoms with E-state index in [9.17, 15) is 18.0 Å². The number of ether oxygens (including phenoxy) is 1. The highest BCUT2D eigenvalue weighted by molar-refractivity contribution is 7.89. The van der Waals surface area contributed by atoms with Gasteiger partial charge in [-0.2, -0.15) is 0 Å². The van der Waals surface area contributed by atoms with Crippen molar-refractivity contribution in [2.24, 2.45) is 5.92 Å². The van der Waals surface area contributed by atoms with Gasteiger partial charge >= 0.3 is 6.09 Å². The van der Waals surface area contributed by atoms with Gasteiger partial charge in [-0.15, -0.1) is 0 Å². The van der Waals surface area contributed by atoms with Gasteiger partial charge in [0.25, 0.3) is 0 Å². The normalized spacial score (nSPS) is 20.3. The molecule has 208 valence electrons. The largest absolute Gasteiger partial charge is 0.453 e. The van der Waals surface area contributed by atoms with Crippen LogP contribution in [-0.4, -0.2) is 54.8 Å². The van der Waals surface area contributed by atoms with E-state index in [1.54, 1.807) is 4.90 Å². The van der Waals surface area contributed by atoms with Crippen molar-refractivity contribution in [2.45, 2.75) is 64.0 Å². The first kappa shape index (κ1) is 27.2. The molecule has 0 saturated heterocycles. The van der Waals surface area contributed by atoms with Crippen molar-refractivity contribution in [3.05, 3.63) is 65.0 Å². The molecule has 2 aromatic carbocycles. The van der Waals surface area contributed by atoms with E-state index in [0.717, 1.165) is 54.4 Å². The third-order valence-corrected chi connectivity index (χ3v) is 8.66. The van der Waals surface area contributed by atoms with E-state index in [1.165, 1.54) is 18.2 Å². The molecule has 1 atom stereocenters. The molecule has 2 heterocycles. The summed E-state index contributed by atoms with van der Waals surface area (Å²) in [7, 11) is -2.17. The number of fused-ring (bicyclic) bond motifs is 3. The molecule has 1 aromatic heterocycles. The van der Waals surface area contributed by atoms with Crippen LogP contribution in [-0.2, 0) is 38.9 Å². The average molecular weight is 553 g/mol. The summed E-state index contributed by atoms with van der Waals surface area (Å²) in [5.41, 5.74) is 5.49. The lowest BCUT2D eigenvalue weighted by Crippen LogP contribution is -2.36. The van der Waals surface area contributed by atoms with Crippen molar-refractivity contribution in [3.8, 4) is 0 Å². The number of methoxy groups -OCH3 is 1. The minimum Gasteiger partial charge on any atom is -0.453 e. The van der Waals surface area contributed by atoms with Crippen LogP contribution in [0.3, 0.4) is 0 Å². The fourth-order valence-corrected chi connectivity index (χ4v) is 6.71. The molecular formula is C29H36N4O5S. The second kappa shape index (κ2) is 11.0. The molecule has 1 fully saturated rings. The highest BCUT2D eigenvalue weighted by Crippen LogP contribution is 2.40. The number of nitrogens with one attached hydrogen (secondary N) is 1. The zero-order valence-electron chi connectivity index (χ0n) is 22.7. The molecule has 1 aliphatic heterocycles. The molecule has 10 heteroatoms. The van der Waals surface area contributed by atoms with Gasteiger partial charge in [-0.25, -0.2) is 18.2 Å². The van der Waals surface area contributed by atoms with Gasteiger partial charge in [0, 0.05) is 30.0 Å². The molecular weight excluding hydrogens is 516 g/mol. The number of carbonyl (C=O) groups excluding carboxylic acids is 2. The number of hydrogen-bond donors (Lipinski definition) is 1. The third kappa shape index (κ3) is 5.80. The van der Waals surface area contributed by atoms with Gasteiger partial charge in [0.2, 0.25) is 15.9 Å². The second-order valence-electron chi connectivity index (χ2n) is 10.9.